The molecule has 17 heavy (non-hydrogen) atoms. The van der Waals surface area contributed by atoms with E-state index in [0.29, 0.717) is 0 Å². The van der Waals surface area contributed by atoms with Crippen molar-refractivity contribution in [3.8, 4) is 0 Å². The highest BCUT2D eigenvalue weighted by Crippen LogP contribution is 2.23. The maximum atomic E-state index is 3.44. The maximum absolute atomic E-state index is 3.44. The fraction of sp³-hybridized carbons (Fsp3) is 0.600. The van der Waals surface area contributed by atoms with Gasteiger partial charge in [0.15, 0.2) is 0 Å². The lowest BCUT2D eigenvalue weighted by Gasteiger charge is -2.23. The molecule has 0 amide bonds. The molecule has 1 aliphatic rings. The Morgan fingerprint density at radius 3 is 2.88 bits per heavy atom. The van der Waals surface area contributed by atoms with E-state index in [2.05, 4.69) is 49.3 Å². The highest BCUT2D eigenvalue weighted by molar-refractivity contribution is 5.55. The minimum atomic E-state index is 0.877. The molecule has 2 nitrogen and oxygen atoms in total. The molecule has 1 aromatic carbocycles. The molecular formula is C15H24N2. The van der Waals surface area contributed by atoms with Crippen LogP contribution in [0, 0.1) is 19.8 Å². The molecule has 0 spiro atoms. The maximum Gasteiger partial charge on any atom is 0.0395 e. The van der Waals surface area contributed by atoms with Gasteiger partial charge in [-0.1, -0.05) is 12.1 Å². The number of hydrogen-bond donors (Lipinski definition) is 1. The van der Waals surface area contributed by atoms with Crippen molar-refractivity contribution >= 4 is 5.69 Å². The summed E-state index contributed by atoms with van der Waals surface area (Å²) in [6.07, 6.45) is 2.65. The number of benzene rings is 1. The minimum Gasteiger partial charge on any atom is -0.374 e. The first-order chi connectivity index (χ1) is 8.18. The Labute approximate surface area is 105 Å². The first-order valence-corrected chi connectivity index (χ1v) is 6.66. The fourth-order valence-corrected chi connectivity index (χ4v) is 2.61. The average Bonchev–Trinajstić information content (AvgIpc) is 2.82. The summed E-state index contributed by atoms with van der Waals surface area (Å²) in [6.45, 7) is 7.99. The van der Waals surface area contributed by atoms with E-state index in [4.69, 9.17) is 0 Å². The van der Waals surface area contributed by atoms with E-state index in [1.807, 2.05) is 0 Å². The molecule has 1 aromatic rings. The van der Waals surface area contributed by atoms with Crippen LogP contribution in [0.15, 0.2) is 18.2 Å². The van der Waals surface area contributed by atoms with Crippen molar-refractivity contribution in [1.29, 1.82) is 0 Å². The summed E-state index contributed by atoms with van der Waals surface area (Å²) in [5, 5.41) is 3.44. The molecule has 1 N–H and O–H groups in total. The second kappa shape index (κ2) is 5.54. The lowest BCUT2D eigenvalue weighted by molar-refractivity contribution is 0.533. The first-order valence-electron chi connectivity index (χ1n) is 6.66. The molecule has 0 aliphatic carbocycles. The molecule has 1 atom stereocenters. The first kappa shape index (κ1) is 12.4. The third kappa shape index (κ3) is 3.01. The minimum absolute atomic E-state index is 0.877. The highest BCUT2D eigenvalue weighted by atomic mass is 15.1. The van der Waals surface area contributed by atoms with Gasteiger partial charge in [-0.05, 0) is 62.9 Å². The monoisotopic (exact) mass is 232 g/mol. The van der Waals surface area contributed by atoms with E-state index in [9.17, 15) is 0 Å². The van der Waals surface area contributed by atoms with Crippen molar-refractivity contribution in [3.05, 3.63) is 29.3 Å². The zero-order chi connectivity index (χ0) is 12.3. The normalized spacial score (nSPS) is 19.6. The Hall–Kier alpha value is -1.02. The van der Waals surface area contributed by atoms with Crippen molar-refractivity contribution in [2.24, 2.45) is 5.92 Å². The van der Waals surface area contributed by atoms with Gasteiger partial charge < -0.3 is 10.2 Å². The van der Waals surface area contributed by atoms with Crippen LogP contribution in [0.3, 0.4) is 0 Å². The SMILES string of the molecule is Cc1cccc(N(C)CCC2CCNC2)c1C. The van der Waals surface area contributed by atoms with Gasteiger partial charge in [0.1, 0.15) is 0 Å². The number of nitrogens with one attached hydrogen (secondary N) is 1. The summed E-state index contributed by atoms with van der Waals surface area (Å²) in [4.78, 5) is 2.40. The smallest absolute Gasteiger partial charge is 0.0395 e. The Balaban J connectivity index is 1.94. The summed E-state index contributed by atoms with van der Waals surface area (Å²) in [5.41, 5.74) is 4.19. The van der Waals surface area contributed by atoms with Gasteiger partial charge in [0.05, 0.1) is 0 Å². The molecule has 1 heterocycles. The van der Waals surface area contributed by atoms with Crippen LogP contribution in [0.4, 0.5) is 5.69 Å². The van der Waals surface area contributed by atoms with Crippen LogP contribution in [0.2, 0.25) is 0 Å². The van der Waals surface area contributed by atoms with E-state index in [1.165, 1.54) is 42.7 Å². The molecule has 94 valence electrons. The summed E-state index contributed by atoms with van der Waals surface area (Å²) >= 11 is 0. The molecule has 0 saturated carbocycles. The zero-order valence-electron chi connectivity index (χ0n) is 11.3. The molecule has 1 unspecified atom stereocenters. The van der Waals surface area contributed by atoms with Crippen molar-refractivity contribution in [1.82, 2.24) is 5.32 Å². The molecule has 1 aliphatic heterocycles. The third-order valence-corrected chi connectivity index (χ3v) is 4.02. The molecule has 0 aromatic heterocycles. The lowest BCUT2D eigenvalue weighted by atomic mass is 10.0. The number of hydrogen-bond acceptors (Lipinski definition) is 2. The Bertz CT molecular complexity index is 367. The van der Waals surface area contributed by atoms with Crippen LogP contribution in [0.5, 0.6) is 0 Å². The second-order valence-corrected chi connectivity index (χ2v) is 5.29. The fourth-order valence-electron chi connectivity index (χ4n) is 2.61. The van der Waals surface area contributed by atoms with E-state index >= 15 is 0 Å². The summed E-state index contributed by atoms with van der Waals surface area (Å²) in [5.74, 6) is 0.877. The lowest BCUT2D eigenvalue weighted by Crippen LogP contribution is -2.22. The Morgan fingerprint density at radius 2 is 2.18 bits per heavy atom. The number of aryl methyl sites for hydroxylation is 1. The van der Waals surface area contributed by atoms with Crippen molar-refractivity contribution in [2.45, 2.75) is 26.7 Å². The van der Waals surface area contributed by atoms with Gasteiger partial charge in [-0.25, -0.2) is 0 Å². The van der Waals surface area contributed by atoms with Gasteiger partial charge >= 0.3 is 0 Å². The Morgan fingerprint density at radius 1 is 1.35 bits per heavy atom. The van der Waals surface area contributed by atoms with E-state index < -0.39 is 0 Å². The van der Waals surface area contributed by atoms with Gasteiger partial charge in [-0.3, -0.25) is 0 Å². The van der Waals surface area contributed by atoms with Gasteiger partial charge in [-0.2, -0.15) is 0 Å². The molecule has 0 bridgehead atoms. The zero-order valence-corrected chi connectivity index (χ0v) is 11.3. The molecule has 2 rings (SSSR count). The molecule has 1 fully saturated rings. The molecule has 0 radical (unpaired) electrons. The topological polar surface area (TPSA) is 15.3 Å². The van der Waals surface area contributed by atoms with Gasteiger partial charge in [0.2, 0.25) is 0 Å². The summed E-state index contributed by atoms with van der Waals surface area (Å²) < 4.78 is 0. The van der Waals surface area contributed by atoms with Crippen molar-refractivity contribution in [3.63, 3.8) is 0 Å². The van der Waals surface area contributed by atoms with Crippen LogP contribution >= 0.6 is 0 Å². The Kier molecular flexibility index (Phi) is 4.06. The van der Waals surface area contributed by atoms with Gasteiger partial charge in [0.25, 0.3) is 0 Å². The van der Waals surface area contributed by atoms with Crippen molar-refractivity contribution < 1.29 is 0 Å². The molecule has 1 saturated heterocycles. The summed E-state index contributed by atoms with van der Waals surface area (Å²) in [7, 11) is 2.21. The van der Waals surface area contributed by atoms with Crippen LogP contribution in [-0.4, -0.2) is 26.7 Å². The van der Waals surface area contributed by atoms with E-state index in [1.54, 1.807) is 0 Å². The summed E-state index contributed by atoms with van der Waals surface area (Å²) in [6, 6.07) is 6.58. The van der Waals surface area contributed by atoms with Crippen LogP contribution in [0.25, 0.3) is 0 Å². The predicted molar refractivity (Wildman–Crippen MR) is 74.8 cm³/mol. The largest absolute Gasteiger partial charge is 0.374 e. The molecule has 2 heteroatoms. The van der Waals surface area contributed by atoms with Gasteiger partial charge in [0, 0.05) is 19.3 Å². The van der Waals surface area contributed by atoms with Crippen molar-refractivity contribution in [2.75, 3.05) is 31.6 Å². The quantitative estimate of drug-likeness (QED) is 0.858. The van der Waals surface area contributed by atoms with Gasteiger partial charge in [-0.15, -0.1) is 0 Å². The number of nitrogens with zero attached hydrogens (tertiary/aromatic N) is 1. The van der Waals surface area contributed by atoms with Crippen LogP contribution in [-0.2, 0) is 0 Å². The highest BCUT2D eigenvalue weighted by Gasteiger charge is 2.15. The number of rotatable bonds is 4. The van der Waals surface area contributed by atoms with Crippen LogP contribution < -0.4 is 10.2 Å². The standard InChI is InChI=1S/C15H24N2/c1-12-5-4-6-15(13(12)2)17(3)10-8-14-7-9-16-11-14/h4-6,14,16H,7-11H2,1-3H3. The van der Waals surface area contributed by atoms with E-state index in [0.717, 1.165) is 12.5 Å². The number of anilines is 1. The molecular weight excluding hydrogens is 208 g/mol. The van der Waals surface area contributed by atoms with E-state index in [-0.39, 0.29) is 0 Å². The van der Waals surface area contributed by atoms with Crippen LogP contribution in [0.1, 0.15) is 24.0 Å². The third-order valence-electron chi connectivity index (χ3n) is 4.02. The second-order valence-electron chi connectivity index (χ2n) is 5.29. The average molecular weight is 232 g/mol. The predicted octanol–water partition coefficient (Wildman–Crippen LogP) is 2.74.